The van der Waals surface area contributed by atoms with Crippen molar-refractivity contribution in [2.24, 2.45) is 0 Å². The van der Waals surface area contributed by atoms with Crippen molar-refractivity contribution in [2.45, 2.75) is 11.5 Å². The Morgan fingerprint density at radius 2 is 1.69 bits per heavy atom. The molecule has 29 heavy (non-hydrogen) atoms. The first-order valence-corrected chi connectivity index (χ1v) is 9.53. The van der Waals surface area contributed by atoms with Crippen LogP contribution in [0, 0.1) is 0 Å². The summed E-state index contributed by atoms with van der Waals surface area (Å²) in [6, 6.07) is 6.44. The van der Waals surface area contributed by atoms with E-state index in [0.717, 1.165) is 44.6 Å². The van der Waals surface area contributed by atoms with E-state index in [1.165, 1.54) is 6.07 Å². The van der Waals surface area contributed by atoms with Crippen molar-refractivity contribution >= 4 is 39.3 Å². The average molecular weight is 450 g/mol. The number of ether oxygens (including phenoxy) is 3. The van der Waals surface area contributed by atoms with Crippen LogP contribution in [0.1, 0.15) is 20.7 Å². The third kappa shape index (κ3) is 5.33. The van der Waals surface area contributed by atoms with Crippen molar-refractivity contribution in [3.8, 4) is 5.75 Å². The van der Waals surface area contributed by atoms with Gasteiger partial charge in [-0.2, -0.15) is 8.78 Å². The van der Waals surface area contributed by atoms with E-state index in [1.807, 2.05) is 0 Å². The number of halogens is 3. The highest BCUT2D eigenvalue weighted by atomic mass is 35.5. The summed E-state index contributed by atoms with van der Waals surface area (Å²) in [4.78, 5) is 23.1. The highest BCUT2D eigenvalue weighted by Crippen LogP contribution is 2.30. The molecule has 0 aliphatic carbocycles. The Hall–Kier alpha value is -2.92. The van der Waals surface area contributed by atoms with Gasteiger partial charge in [-0.25, -0.2) is 18.0 Å². The predicted octanol–water partition coefficient (Wildman–Crippen LogP) is 3.32. The zero-order chi connectivity index (χ0) is 21.8. The number of nitrogens with one attached hydrogen (secondary N) is 1. The molecule has 0 unspecified atom stereocenters. The van der Waals surface area contributed by atoms with Gasteiger partial charge in [-0.3, -0.25) is 4.72 Å². The number of methoxy groups -OCH3 is 2. The Morgan fingerprint density at radius 1 is 1.03 bits per heavy atom. The van der Waals surface area contributed by atoms with Gasteiger partial charge in [0, 0.05) is 0 Å². The van der Waals surface area contributed by atoms with Crippen LogP contribution in [0.15, 0.2) is 41.3 Å². The van der Waals surface area contributed by atoms with Gasteiger partial charge in [0.15, 0.2) is 0 Å². The number of sulfonamides is 1. The van der Waals surface area contributed by atoms with Gasteiger partial charge in [0.25, 0.3) is 10.0 Å². The molecular weight excluding hydrogens is 436 g/mol. The lowest BCUT2D eigenvalue weighted by molar-refractivity contribution is -0.0497. The summed E-state index contributed by atoms with van der Waals surface area (Å²) < 4.78 is 65.7. The summed E-state index contributed by atoms with van der Waals surface area (Å²) >= 11 is 5.81. The minimum Gasteiger partial charge on any atom is -0.465 e. The number of hydrogen-bond acceptors (Lipinski definition) is 7. The molecule has 12 heteroatoms. The van der Waals surface area contributed by atoms with Crippen LogP contribution in [0.5, 0.6) is 5.75 Å². The highest BCUT2D eigenvalue weighted by Gasteiger charge is 2.25. The SMILES string of the molecule is COC(=O)c1ccc(C(=O)OC)c(S(=O)(=O)Nc2ccc(OC(F)F)c(Cl)c2)c1. The van der Waals surface area contributed by atoms with Crippen LogP contribution in [0.4, 0.5) is 14.5 Å². The molecule has 2 rings (SSSR count). The van der Waals surface area contributed by atoms with Crippen LogP contribution >= 0.6 is 11.6 Å². The second-order valence-electron chi connectivity index (χ2n) is 5.32. The monoisotopic (exact) mass is 449 g/mol. The Kier molecular flexibility index (Phi) is 6.98. The number of carbonyl (C=O) groups is 2. The highest BCUT2D eigenvalue weighted by molar-refractivity contribution is 7.92. The molecule has 2 aromatic carbocycles. The molecule has 1 N–H and O–H groups in total. The summed E-state index contributed by atoms with van der Waals surface area (Å²) in [5, 5.41) is -0.276. The van der Waals surface area contributed by atoms with E-state index in [2.05, 4.69) is 18.9 Å². The first kappa shape index (κ1) is 22.4. The lowest BCUT2D eigenvalue weighted by atomic mass is 10.1. The topological polar surface area (TPSA) is 108 Å². The molecular formula is C17H14ClF2NO7S. The van der Waals surface area contributed by atoms with Crippen molar-refractivity contribution in [2.75, 3.05) is 18.9 Å². The van der Waals surface area contributed by atoms with E-state index in [-0.39, 0.29) is 27.6 Å². The molecule has 8 nitrogen and oxygen atoms in total. The molecule has 0 amide bonds. The van der Waals surface area contributed by atoms with Crippen LogP contribution in [0.25, 0.3) is 0 Å². The molecule has 156 valence electrons. The summed E-state index contributed by atoms with van der Waals surface area (Å²) in [6.07, 6.45) is 0. The predicted molar refractivity (Wildman–Crippen MR) is 98.0 cm³/mol. The zero-order valence-electron chi connectivity index (χ0n) is 14.9. The van der Waals surface area contributed by atoms with Crippen molar-refractivity contribution in [1.29, 1.82) is 0 Å². The maximum absolute atomic E-state index is 12.8. The van der Waals surface area contributed by atoms with Gasteiger partial charge in [-0.15, -0.1) is 0 Å². The Labute approximate surface area is 169 Å². The summed E-state index contributed by atoms with van der Waals surface area (Å²) in [6.45, 7) is -3.11. The van der Waals surface area contributed by atoms with Gasteiger partial charge in [-0.05, 0) is 36.4 Å². The second-order valence-corrected chi connectivity index (χ2v) is 7.38. The zero-order valence-corrected chi connectivity index (χ0v) is 16.5. The van der Waals surface area contributed by atoms with Gasteiger partial charge >= 0.3 is 18.6 Å². The van der Waals surface area contributed by atoms with Gasteiger partial charge in [0.2, 0.25) is 0 Å². The van der Waals surface area contributed by atoms with E-state index in [1.54, 1.807) is 0 Å². The van der Waals surface area contributed by atoms with Crippen molar-refractivity contribution in [3.05, 3.63) is 52.5 Å². The van der Waals surface area contributed by atoms with Crippen molar-refractivity contribution < 1.29 is 41.0 Å². The van der Waals surface area contributed by atoms with E-state index in [9.17, 15) is 26.8 Å². The fourth-order valence-corrected chi connectivity index (χ4v) is 3.73. The largest absolute Gasteiger partial charge is 0.465 e. The second kappa shape index (κ2) is 9.05. The van der Waals surface area contributed by atoms with Crippen LogP contribution < -0.4 is 9.46 Å². The number of rotatable bonds is 7. The van der Waals surface area contributed by atoms with Gasteiger partial charge in [0.05, 0.1) is 36.1 Å². The number of carbonyl (C=O) groups excluding carboxylic acids is 2. The molecule has 0 aliphatic rings. The maximum Gasteiger partial charge on any atom is 0.387 e. The normalized spacial score (nSPS) is 11.1. The lowest BCUT2D eigenvalue weighted by Gasteiger charge is -2.14. The summed E-state index contributed by atoms with van der Waals surface area (Å²) in [5.74, 6) is -2.14. The Bertz CT molecular complexity index is 1040. The first-order valence-electron chi connectivity index (χ1n) is 7.67. The minimum absolute atomic E-state index is 0.101. The summed E-state index contributed by atoms with van der Waals surface area (Å²) in [5.41, 5.74) is -0.563. The van der Waals surface area contributed by atoms with E-state index >= 15 is 0 Å². The molecule has 0 heterocycles. The maximum atomic E-state index is 12.8. The molecule has 2 aromatic rings. The van der Waals surface area contributed by atoms with E-state index in [0.29, 0.717) is 0 Å². The quantitative estimate of drug-likeness (QED) is 0.646. The number of benzene rings is 2. The van der Waals surface area contributed by atoms with Crippen LogP contribution in [-0.4, -0.2) is 41.2 Å². The van der Waals surface area contributed by atoms with Gasteiger partial charge in [0.1, 0.15) is 10.6 Å². The molecule has 0 saturated carbocycles. The van der Waals surface area contributed by atoms with Crippen LogP contribution in [0.2, 0.25) is 5.02 Å². The lowest BCUT2D eigenvalue weighted by Crippen LogP contribution is -2.19. The molecule has 0 saturated heterocycles. The van der Waals surface area contributed by atoms with Crippen LogP contribution in [0.3, 0.4) is 0 Å². The number of hydrogen-bond donors (Lipinski definition) is 1. The minimum atomic E-state index is -4.42. The molecule has 0 radical (unpaired) electrons. The van der Waals surface area contributed by atoms with E-state index in [4.69, 9.17) is 11.6 Å². The average Bonchev–Trinajstić information content (AvgIpc) is 2.67. The van der Waals surface area contributed by atoms with Crippen molar-refractivity contribution in [1.82, 2.24) is 0 Å². The smallest absolute Gasteiger partial charge is 0.387 e. The molecule has 0 aromatic heterocycles. The first-order chi connectivity index (χ1) is 13.6. The van der Waals surface area contributed by atoms with Gasteiger partial charge in [-0.1, -0.05) is 11.6 Å². The Morgan fingerprint density at radius 3 is 2.24 bits per heavy atom. The van der Waals surface area contributed by atoms with Gasteiger partial charge < -0.3 is 14.2 Å². The van der Waals surface area contributed by atoms with Crippen LogP contribution in [-0.2, 0) is 19.5 Å². The number of alkyl halides is 2. The van der Waals surface area contributed by atoms with E-state index < -0.39 is 33.5 Å². The third-order valence-corrected chi connectivity index (χ3v) is 5.21. The standard InChI is InChI=1S/C17H14ClF2NO7S/c1-26-15(22)9-3-5-11(16(23)27-2)14(7-9)29(24,25)21-10-4-6-13(12(18)8-10)28-17(19)20/h3-8,17,21H,1-2H3. The fourth-order valence-electron chi connectivity index (χ4n) is 2.23. The molecule has 0 spiro atoms. The molecule has 0 aliphatic heterocycles. The Balaban J connectivity index is 2.47. The number of anilines is 1. The van der Waals surface area contributed by atoms with Crippen molar-refractivity contribution in [3.63, 3.8) is 0 Å². The summed E-state index contributed by atoms with van der Waals surface area (Å²) in [7, 11) is -2.26. The fraction of sp³-hybridized carbons (Fsp3) is 0.176. The third-order valence-electron chi connectivity index (χ3n) is 3.50. The molecule has 0 bridgehead atoms. The number of esters is 2. The molecule has 0 fully saturated rings. The molecule has 0 atom stereocenters.